The molecular weight excluding hydrogens is 458 g/mol. The van der Waals surface area contributed by atoms with Gasteiger partial charge in [-0.2, -0.15) is 0 Å². The molecule has 1 aliphatic carbocycles. The number of fused-ring (bicyclic) bond motifs is 1. The van der Waals surface area contributed by atoms with Gasteiger partial charge < -0.3 is 5.32 Å². The zero-order valence-corrected chi connectivity index (χ0v) is 20.6. The van der Waals surface area contributed by atoms with Gasteiger partial charge in [-0.05, 0) is 55.5 Å². The highest BCUT2D eigenvalue weighted by Gasteiger charge is 2.35. The molecule has 1 aliphatic rings. The van der Waals surface area contributed by atoms with Gasteiger partial charge in [0, 0.05) is 16.6 Å². The fraction of sp³-hybridized carbons (Fsp3) is 0.333. The van der Waals surface area contributed by atoms with Crippen LogP contribution in [0, 0.1) is 6.92 Å². The number of carbonyl (C=O) groups excluding carboxylic acids is 2. The lowest BCUT2D eigenvalue weighted by Gasteiger charge is -2.32. The van der Waals surface area contributed by atoms with Gasteiger partial charge in [0.25, 0.3) is 0 Å². The summed E-state index contributed by atoms with van der Waals surface area (Å²) in [6, 6.07) is 18.5. The lowest BCUT2D eigenvalue weighted by atomic mass is 9.95. The number of aromatic nitrogens is 3. The van der Waals surface area contributed by atoms with Crippen molar-refractivity contribution in [3.63, 3.8) is 0 Å². The van der Waals surface area contributed by atoms with Gasteiger partial charge in [-0.3, -0.25) is 14.5 Å². The second-order valence-corrected chi connectivity index (χ2v) is 10.1. The van der Waals surface area contributed by atoms with E-state index in [4.69, 9.17) is 0 Å². The molecule has 2 aromatic carbocycles. The van der Waals surface area contributed by atoms with Gasteiger partial charge >= 0.3 is 0 Å². The largest absolute Gasteiger partial charge is 0.351 e. The molecule has 1 fully saturated rings. The molecule has 1 unspecified atom stereocenters. The highest BCUT2D eigenvalue weighted by molar-refractivity contribution is 7.10. The van der Waals surface area contributed by atoms with Crippen LogP contribution in [0.25, 0.3) is 11.0 Å². The van der Waals surface area contributed by atoms with Gasteiger partial charge in [-0.25, -0.2) is 4.68 Å². The number of carbonyl (C=O) groups is 2. The molecule has 0 radical (unpaired) electrons. The Morgan fingerprint density at radius 3 is 2.57 bits per heavy atom. The van der Waals surface area contributed by atoms with Crippen molar-refractivity contribution < 1.29 is 9.59 Å². The summed E-state index contributed by atoms with van der Waals surface area (Å²) in [4.78, 5) is 30.2. The molecule has 1 saturated carbocycles. The molecule has 1 N–H and O–H groups in total. The van der Waals surface area contributed by atoms with Crippen LogP contribution < -0.4 is 10.2 Å². The minimum atomic E-state index is -0.762. The van der Waals surface area contributed by atoms with Crippen LogP contribution in [-0.4, -0.2) is 32.9 Å². The first-order valence-electron chi connectivity index (χ1n) is 12.1. The number of rotatable bonds is 7. The number of benzene rings is 2. The van der Waals surface area contributed by atoms with E-state index in [9.17, 15) is 9.59 Å². The molecule has 1 atom stereocenters. The Labute approximate surface area is 208 Å². The van der Waals surface area contributed by atoms with Crippen molar-refractivity contribution in [1.82, 2.24) is 20.3 Å². The van der Waals surface area contributed by atoms with E-state index in [1.54, 1.807) is 9.58 Å². The summed E-state index contributed by atoms with van der Waals surface area (Å²) in [6.45, 7) is 1.98. The van der Waals surface area contributed by atoms with Gasteiger partial charge in [-0.1, -0.05) is 60.4 Å². The van der Waals surface area contributed by atoms with Crippen molar-refractivity contribution in [3.8, 4) is 0 Å². The SMILES string of the molecule is Cc1ccc(N(C(=O)Cn2nnc3ccccc32)C(C(=O)NC2CCCCC2)c2cccs2)cc1. The highest BCUT2D eigenvalue weighted by atomic mass is 32.1. The van der Waals surface area contributed by atoms with Crippen LogP contribution in [-0.2, 0) is 16.1 Å². The summed E-state index contributed by atoms with van der Waals surface area (Å²) >= 11 is 1.49. The predicted molar refractivity (Wildman–Crippen MR) is 138 cm³/mol. The van der Waals surface area contributed by atoms with Crippen LogP contribution in [0.4, 0.5) is 5.69 Å². The van der Waals surface area contributed by atoms with Gasteiger partial charge in [0.15, 0.2) is 0 Å². The van der Waals surface area contributed by atoms with E-state index in [-0.39, 0.29) is 24.4 Å². The van der Waals surface area contributed by atoms with E-state index in [1.165, 1.54) is 17.8 Å². The number of hydrogen-bond donors (Lipinski definition) is 1. The van der Waals surface area contributed by atoms with Gasteiger partial charge in [0.2, 0.25) is 11.8 Å². The van der Waals surface area contributed by atoms with E-state index in [1.807, 2.05) is 73.0 Å². The minimum absolute atomic E-state index is 0.0209. The maximum atomic E-state index is 13.9. The zero-order chi connectivity index (χ0) is 24.2. The summed E-state index contributed by atoms with van der Waals surface area (Å²) < 4.78 is 1.60. The van der Waals surface area contributed by atoms with Gasteiger partial charge in [-0.15, -0.1) is 16.4 Å². The maximum Gasteiger partial charge on any atom is 0.249 e. The third-order valence-corrected chi connectivity index (χ3v) is 7.48. The van der Waals surface area contributed by atoms with Crippen molar-refractivity contribution in [1.29, 1.82) is 0 Å². The quantitative estimate of drug-likeness (QED) is 0.397. The van der Waals surface area contributed by atoms with Crippen LogP contribution >= 0.6 is 11.3 Å². The van der Waals surface area contributed by atoms with Gasteiger partial charge in [0.05, 0.1) is 5.52 Å². The molecule has 7 nitrogen and oxygen atoms in total. The van der Waals surface area contributed by atoms with E-state index >= 15 is 0 Å². The number of aryl methyl sites for hydroxylation is 1. The third-order valence-electron chi connectivity index (χ3n) is 6.56. The number of nitrogens with zero attached hydrogens (tertiary/aromatic N) is 4. The number of hydrogen-bond acceptors (Lipinski definition) is 5. The normalized spacial score (nSPS) is 15.1. The molecule has 0 aliphatic heterocycles. The summed E-state index contributed by atoms with van der Waals surface area (Å²) in [5.74, 6) is -0.363. The van der Waals surface area contributed by atoms with E-state index < -0.39 is 6.04 Å². The van der Waals surface area contributed by atoms with E-state index in [0.29, 0.717) is 5.69 Å². The Morgan fingerprint density at radius 1 is 1.06 bits per heavy atom. The number of thiophene rings is 1. The Hall–Kier alpha value is -3.52. The van der Waals surface area contributed by atoms with Crippen LogP contribution in [0.3, 0.4) is 0 Å². The topological polar surface area (TPSA) is 80.1 Å². The van der Waals surface area contributed by atoms with E-state index in [2.05, 4.69) is 15.6 Å². The standard InChI is InChI=1S/C27H29N5O2S/c1-19-13-15-21(16-14-19)32(25(33)18-31-23-11-6-5-10-22(23)29-30-31)26(24-12-7-17-35-24)27(34)28-20-8-3-2-4-9-20/h5-7,10-17,20,26H,2-4,8-9,18H2,1H3,(H,28,34). The number of amides is 2. The predicted octanol–water partition coefficient (Wildman–Crippen LogP) is 5.02. The summed E-state index contributed by atoms with van der Waals surface area (Å²) in [6.07, 6.45) is 5.41. The first kappa shape index (κ1) is 23.2. The zero-order valence-electron chi connectivity index (χ0n) is 19.8. The molecule has 35 heavy (non-hydrogen) atoms. The van der Waals surface area contributed by atoms with Crippen LogP contribution in [0.1, 0.15) is 48.6 Å². The maximum absolute atomic E-state index is 13.9. The summed E-state index contributed by atoms with van der Waals surface area (Å²) in [5.41, 5.74) is 3.28. The summed E-state index contributed by atoms with van der Waals surface area (Å²) in [5, 5.41) is 13.6. The molecule has 0 saturated heterocycles. The highest BCUT2D eigenvalue weighted by Crippen LogP contribution is 2.32. The molecule has 5 rings (SSSR count). The molecule has 4 aromatic rings. The fourth-order valence-corrected chi connectivity index (χ4v) is 5.54. The lowest BCUT2D eigenvalue weighted by Crippen LogP contribution is -2.48. The molecule has 0 spiro atoms. The molecule has 2 amide bonds. The number of para-hydroxylation sites is 1. The van der Waals surface area contributed by atoms with Crippen molar-refractivity contribution in [3.05, 3.63) is 76.5 Å². The van der Waals surface area contributed by atoms with Crippen molar-refractivity contribution >= 4 is 39.9 Å². The molecule has 2 aromatic heterocycles. The van der Waals surface area contributed by atoms with Crippen LogP contribution in [0.2, 0.25) is 0 Å². The average molecular weight is 488 g/mol. The Kier molecular flexibility index (Phi) is 6.90. The monoisotopic (exact) mass is 487 g/mol. The first-order chi connectivity index (χ1) is 17.1. The Bertz CT molecular complexity index is 1290. The fourth-order valence-electron chi connectivity index (χ4n) is 4.73. The molecule has 8 heteroatoms. The van der Waals surface area contributed by atoms with Crippen molar-refractivity contribution in [2.45, 2.75) is 57.7 Å². The molecule has 0 bridgehead atoms. The smallest absolute Gasteiger partial charge is 0.249 e. The van der Waals surface area contributed by atoms with E-state index in [0.717, 1.165) is 47.2 Å². The molecule has 180 valence electrons. The second-order valence-electron chi connectivity index (χ2n) is 9.10. The minimum Gasteiger partial charge on any atom is -0.351 e. The van der Waals surface area contributed by atoms with Gasteiger partial charge in [0.1, 0.15) is 18.1 Å². The molecular formula is C27H29N5O2S. The van der Waals surface area contributed by atoms with Crippen LogP contribution in [0.15, 0.2) is 66.0 Å². The average Bonchev–Trinajstić information content (AvgIpc) is 3.54. The third kappa shape index (κ3) is 5.12. The number of anilines is 1. The second kappa shape index (κ2) is 10.4. The first-order valence-corrected chi connectivity index (χ1v) is 13.0. The van der Waals surface area contributed by atoms with Crippen molar-refractivity contribution in [2.24, 2.45) is 0 Å². The lowest BCUT2D eigenvalue weighted by molar-refractivity contribution is -0.127. The molecule has 2 heterocycles. The summed E-state index contributed by atoms with van der Waals surface area (Å²) in [7, 11) is 0. The van der Waals surface area contributed by atoms with Crippen molar-refractivity contribution in [2.75, 3.05) is 4.90 Å². The Balaban J connectivity index is 1.52. The number of nitrogens with one attached hydrogen (secondary N) is 1. The Morgan fingerprint density at radius 2 is 1.83 bits per heavy atom. The van der Waals surface area contributed by atoms with Crippen LogP contribution in [0.5, 0.6) is 0 Å².